The van der Waals surface area contributed by atoms with E-state index < -0.39 is 0 Å². The lowest BCUT2D eigenvalue weighted by Crippen LogP contribution is -2.12. The highest BCUT2D eigenvalue weighted by Gasteiger charge is 2.28. The van der Waals surface area contributed by atoms with Crippen molar-refractivity contribution in [3.05, 3.63) is 41.7 Å². The van der Waals surface area contributed by atoms with E-state index in [0.29, 0.717) is 17.0 Å². The zero-order valence-corrected chi connectivity index (χ0v) is 14.2. The van der Waals surface area contributed by atoms with Gasteiger partial charge < -0.3 is 11.1 Å². The predicted octanol–water partition coefficient (Wildman–Crippen LogP) is 3.25. The van der Waals surface area contributed by atoms with Crippen molar-refractivity contribution in [2.75, 3.05) is 17.6 Å². The average Bonchev–Trinajstić information content (AvgIpc) is 3.33. The molecule has 1 aliphatic heterocycles. The first-order valence-electron chi connectivity index (χ1n) is 7.94. The van der Waals surface area contributed by atoms with Gasteiger partial charge in [-0.15, -0.1) is 0 Å². The number of hydrogen-bond acceptors (Lipinski definition) is 7. The number of aromatic nitrogens is 3. The van der Waals surface area contributed by atoms with Gasteiger partial charge in [0.25, 0.3) is 0 Å². The Kier molecular flexibility index (Phi) is 3.93. The van der Waals surface area contributed by atoms with Gasteiger partial charge in [0, 0.05) is 16.5 Å². The van der Waals surface area contributed by atoms with Crippen molar-refractivity contribution >= 4 is 29.2 Å². The first kappa shape index (κ1) is 15.1. The highest BCUT2D eigenvalue weighted by atomic mass is 32.2. The van der Waals surface area contributed by atoms with Crippen molar-refractivity contribution in [1.82, 2.24) is 15.0 Å². The quantitative estimate of drug-likeness (QED) is 0.832. The van der Waals surface area contributed by atoms with E-state index >= 15 is 0 Å². The molecule has 2 heterocycles. The van der Waals surface area contributed by atoms with Crippen LogP contribution in [-0.2, 0) is 0 Å². The van der Waals surface area contributed by atoms with Gasteiger partial charge in [0.2, 0.25) is 5.95 Å². The number of aliphatic imine (C=N–C) groups is 1. The van der Waals surface area contributed by atoms with Gasteiger partial charge in [-0.05, 0) is 67.4 Å². The fourth-order valence-corrected chi connectivity index (χ4v) is 3.12. The monoisotopic (exact) mass is 338 g/mol. The maximum atomic E-state index is 5.74. The van der Waals surface area contributed by atoms with Crippen LogP contribution in [0, 0.1) is 0 Å². The lowest BCUT2D eigenvalue weighted by molar-refractivity contribution is 0.816. The minimum absolute atomic E-state index is 0.460. The zero-order valence-electron chi connectivity index (χ0n) is 13.4. The smallest absolute Gasteiger partial charge is 0.232 e. The molecule has 0 unspecified atom stereocenters. The number of nitrogens with zero attached hydrogens (tertiary/aromatic N) is 4. The van der Waals surface area contributed by atoms with E-state index in [1.54, 1.807) is 0 Å². The fraction of sp³-hybridized carbons (Fsp3) is 0.294. The summed E-state index contributed by atoms with van der Waals surface area (Å²) in [6.07, 6.45) is 4.32. The second-order valence-electron chi connectivity index (χ2n) is 6.06. The summed E-state index contributed by atoms with van der Waals surface area (Å²) >= 11 is 1.52. The lowest BCUT2D eigenvalue weighted by atomic mass is 10.3. The largest absolute Gasteiger partial charge is 0.399 e. The molecule has 1 aromatic heterocycles. The number of benzene rings is 1. The van der Waals surface area contributed by atoms with Crippen molar-refractivity contribution < 1.29 is 0 Å². The van der Waals surface area contributed by atoms with E-state index in [0.717, 1.165) is 41.6 Å². The molecule has 122 valence electrons. The van der Waals surface area contributed by atoms with Crippen molar-refractivity contribution in [3.63, 3.8) is 0 Å². The van der Waals surface area contributed by atoms with Crippen LogP contribution in [0.3, 0.4) is 0 Å². The zero-order chi connectivity index (χ0) is 16.5. The van der Waals surface area contributed by atoms with Gasteiger partial charge in [0.05, 0.1) is 6.54 Å². The predicted molar refractivity (Wildman–Crippen MR) is 96.5 cm³/mol. The fourth-order valence-electron chi connectivity index (χ4n) is 2.36. The number of amidine groups is 1. The number of hydrogen-bond donors (Lipinski definition) is 2. The third-order valence-corrected chi connectivity index (χ3v) is 4.66. The standard InChI is InChI=1S/C17H18N6S/c1-10-8-14(19-9-10)20-16-21-15(11-2-3-11)22-17(23-16)24-13-6-4-12(18)5-7-13/h4-8,11H,2-3,9,18H2,1H3,(H,19,20,21,22,23). The molecule has 0 amide bonds. The summed E-state index contributed by atoms with van der Waals surface area (Å²) in [6, 6.07) is 7.71. The molecule has 1 saturated carbocycles. The molecular formula is C17H18N6S. The maximum absolute atomic E-state index is 5.74. The molecule has 1 fully saturated rings. The normalized spacial score (nSPS) is 16.7. The molecule has 1 aliphatic carbocycles. The van der Waals surface area contributed by atoms with Crippen LogP contribution < -0.4 is 11.1 Å². The van der Waals surface area contributed by atoms with Crippen molar-refractivity contribution in [3.8, 4) is 0 Å². The Morgan fingerprint density at radius 1 is 1.12 bits per heavy atom. The van der Waals surface area contributed by atoms with E-state index in [4.69, 9.17) is 5.73 Å². The minimum atomic E-state index is 0.460. The summed E-state index contributed by atoms with van der Waals surface area (Å²) in [5.41, 5.74) is 7.71. The second kappa shape index (κ2) is 6.24. The average molecular weight is 338 g/mol. The third-order valence-electron chi connectivity index (χ3n) is 3.79. The third kappa shape index (κ3) is 3.56. The molecule has 0 spiro atoms. The van der Waals surface area contributed by atoms with Gasteiger partial charge in [0.15, 0.2) is 5.16 Å². The lowest BCUT2D eigenvalue weighted by Gasteiger charge is -2.08. The molecule has 4 rings (SSSR count). The molecule has 0 atom stereocenters. The molecule has 2 aliphatic rings. The molecule has 6 nitrogen and oxygen atoms in total. The summed E-state index contributed by atoms with van der Waals surface area (Å²) in [5, 5.41) is 3.90. The van der Waals surface area contributed by atoms with Gasteiger partial charge in [0.1, 0.15) is 11.7 Å². The molecule has 0 radical (unpaired) electrons. The van der Waals surface area contributed by atoms with Crippen LogP contribution in [0.1, 0.15) is 31.5 Å². The van der Waals surface area contributed by atoms with Crippen LogP contribution in [0.4, 0.5) is 11.6 Å². The Bertz CT molecular complexity index is 823. The topological polar surface area (TPSA) is 89.1 Å². The van der Waals surface area contributed by atoms with E-state index in [1.165, 1.54) is 17.3 Å². The number of nitrogens with two attached hydrogens (primary N) is 1. The molecule has 7 heteroatoms. The van der Waals surface area contributed by atoms with Crippen molar-refractivity contribution in [2.45, 2.75) is 35.7 Å². The van der Waals surface area contributed by atoms with E-state index in [2.05, 4.69) is 32.2 Å². The SMILES string of the molecule is CC1=CC(Nc2nc(Sc3ccc(N)cc3)nc(C3CC3)n2)=NC1. The second-order valence-corrected chi connectivity index (χ2v) is 7.10. The molecular weight excluding hydrogens is 320 g/mol. The van der Waals surface area contributed by atoms with Crippen LogP contribution in [0.15, 0.2) is 51.0 Å². The first-order valence-corrected chi connectivity index (χ1v) is 8.75. The van der Waals surface area contributed by atoms with Crippen LogP contribution in [0.2, 0.25) is 0 Å². The Balaban J connectivity index is 1.59. The van der Waals surface area contributed by atoms with Crippen LogP contribution in [-0.4, -0.2) is 27.3 Å². The molecule has 0 bridgehead atoms. The van der Waals surface area contributed by atoms with Gasteiger partial charge >= 0.3 is 0 Å². The van der Waals surface area contributed by atoms with E-state index in [-0.39, 0.29) is 0 Å². The number of anilines is 2. The van der Waals surface area contributed by atoms with Crippen molar-refractivity contribution in [2.24, 2.45) is 4.99 Å². The summed E-state index contributed by atoms with van der Waals surface area (Å²) in [6.45, 7) is 2.79. The van der Waals surface area contributed by atoms with Gasteiger partial charge in [-0.2, -0.15) is 9.97 Å². The van der Waals surface area contributed by atoms with Gasteiger partial charge in [-0.3, -0.25) is 4.99 Å². The first-order chi connectivity index (χ1) is 11.7. The highest BCUT2D eigenvalue weighted by Crippen LogP contribution is 2.39. The van der Waals surface area contributed by atoms with Crippen LogP contribution in [0.5, 0.6) is 0 Å². The van der Waals surface area contributed by atoms with E-state index in [9.17, 15) is 0 Å². The molecule has 24 heavy (non-hydrogen) atoms. The maximum Gasteiger partial charge on any atom is 0.232 e. The number of rotatable bonds is 4. The van der Waals surface area contributed by atoms with Gasteiger partial charge in [-0.1, -0.05) is 0 Å². The van der Waals surface area contributed by atoms with E-state index in [1.807, 2.05) is 30.3 Å². The summed E-state index contributed by atoms with van der Waals surface area (Å²) in [4.78, 5) is 19.2. The Labute approximate surface area is 144 Å². The Morgan fingerprint density at radius 2 is 1.92 bits per heavy atom. The number of nitrogens with one attached hydrogen (secondary N) is 1. The molecule has 1 aromatic carbocycles. The molecule has 0 saturated heterocycles. The molecule has 3 N–H and O–H groups in total. The minimum Gasteiger partial charge on any atom is -0.399 e. The summed E-state index contributed by atoms with van der Waals surface area (Å²) in [5.74, 6) is 2.70. The Hall–Kier alpha value is -2.41. The summed E-state index contributed by atoms with van der Waals surface area (Å²) < 4.78 is 0. The van der Waals surface area contributed by atoms with Crippen molar-refractivity contribution in [1.29, 1.82) is 0 Å². The highest BCUT2D eigenvalue weighted by molar-refractivity contribution is 7.99. The van der Waals surface area contributed by atoms with Crippen LogP contribution in [0.25, 0.3) is 0 Å². The van der Waals surface area contributed by atoms with Crippen LogP contribution >= 0.6 is 11.8 Å². The number of nitrogen functional groups attached to an aromatic ring is 1. The molecule has 2 aromatic rings. The van der Waals surface area contributed by atoms with Gasteiger partial charge in [-0.25, -0.2) is 4.98 Å². The summed E-state index contributed by atoms with van der Waals surface area (Å²) in [7, 11) is 0. The Morgan fingerprint density at radius 3 is 2.58 bits per heavy atom.